The van der Waals surface area contributed by atoms with Gasteiger partial charge in [-0.1, -0.05) is 48.4 Å². The van der Waals surface area contributed by atoms with Crippen molar-refractivity contribution in [1.82, 2.24) is 0 Å². The lowest BCUT2D eigenvalue weighted by molar-refractivity contribution is -0.141. The summed E-state index contributed by atoms with van der Waals surface area (Å²) in [6, 6.07) is 12.6. The summed E-state index contributed by atoms with van der Waals surface area (Å²) in [7, 11) is 3.36. The molecule has 0 bridgehead atoms. The highest BCUT2D eigenvalue weighted by Crippen LogP contribution is 2.47. The van der Waals surface area contributed by atoms with Crippen molar-refractivity contribution in [3.63, 3.8) is 0 Å². The van der Waals surface area contributed by atoms with Crippen molar-refractivity contribution >= 4 is 5.69 Å². The third-order valence-corrected chi connectivity index (χ3v) is 7.49. The number of rotatable bonds is 6. The average Bonchev–Trinajstić information content (AvgIpc) is 2.96. The molecule has 34 heavy (non-hydrogen) atoms. The van der Waals surface area contributed by atoms with E-state index in [0.717, 1.165) is 48.3 Å². The van der Waals surface area contributed by atoms with Crippen LogP contribution in [-0.2, 0) is 15.9 Å². The average molecular weight is 463 g/mol. The van der Waals surface area contributed by atoms with Crippen LogP contribution in [0.15, 0.2) is 72.7 Å². The van der Waals surface area contributed by atoms with Crippen molar-refractivity contribution in [3.8, 4) is 5.75 Å². The lowest BCUT2D eigenvalue weighted by Crippen LogP contribution is -2.39. The van der Waals surface area contributed by atoms with E-state index in [9.17, 15) is 5.11 Å². The van der Waals surface area contributed by atoms with E-state index in [4.69, 9.17) is 16.3 Å². The Balaban J connectivity index is 1.49. The first-order chi connectivity index (χ1) is 18.7. The minimum Gasteiger partial charge on any atom is -0.508 e. The zero-order chi connectivity index (χ0) is 27.8. The number of aryl methyl sites for hydroxylation is 1. The molecule has 0 unspecified atom stereocenters. The highest BCUT2D eigenvalue weighted by Gasteiger charge is 2.32. The van der Waals surface area contributed by atoms with Gasteiger partial charge in [-0.2, -0.15) is 0 Å². The minimum atomic E-state index is -0.373. The predicted molar refractivity (Wildman–Crippen MR) is 137 cm³/mol. The number of fused-ring (bicyclic) bond motifs is 1. The molecule has 0 radical (unpaired) electrons. The summed E-state index contributed by atoms with van der Waals surface area (Å²) in [5.74, 6) is 0.0690. The largest absolute Gasteiger partial charge is 0.508 e. The monoisotopic (exact) mass is 462 g/mol. The Hall–Kier alpha value is -2.82. The van der Waals surface area contributed by atoms with Gasteiger partial charge in [0.1, 0.15) is 5.75 Å². The molecule has 0 saturated carbocycles. The Morgan fingerprint density at radius 1 is 0.912 bits per heavy atom. The van der Waals surface area contributed by atoms with Crippen LogP contribution in [0, 0.1) is 5.92 Å². The summed E-state index contributed by atoms with van der Waals surface area (Å²) in [5.41, 5.74) is 4.57. The van der Waals surface area contributed by atoms with Crippen molar-refractivity contribution in [1.29, 1.82) is 0 Å². The van der Waals surface area contributed by atoms with E-state index >= 15 is 0 Å². The van der Waals surface area contributed by atoms with E-state index in [1.165, 1.54) is 0 Å². The van der Waals surface area contributed by atoms with Crippen LogP contribution in [0.2, 0.25) is 0 Å². The summed E-state index contributed by atoms with van der Waals surface area (Å²) in [6.07, 6.45) is 3.05. The molecule has 3 aromatic carbocycles. The molecule has 1 heterocycles. The second-order valence-corrected chi connectivity index (χ2v) is 9.30. The molecule has 178 valence electrons. The van der Waals surface area contributed by atoms with Gasteiger partial charge in [-0.15, -0.1) is 0 Å². The smallest absolute Gasteiger partial charge is 0.159 e. The van der Waals surface area contributed by atoms with Crippen molar-refractivity contribution in [2.24, 2.45) is 5.92 Å². The number of ether oxygens (including phenoxy) is 2. The molecule has 0 amide bonds. The van der Waals surface area contributed by atoms with E-state index in [-0.39, 0.29) is 54.1 Å². The predicted octanol–water partition coefficient (Wildman–Crippen LogP) is 6.09. The third-order valence-electron chi connectivity index (χ3n) is 7.49. The van der Waals surface area contributed by atoms with Crippen LogP contribution in [0.1, 0.15) is 60.2 Å². The number of nitrogens with zero attached hydrogens (tertiary/aromatic N) is 1. The van der Waals surface area contributed by atoms with Crippen LogP contribution < -0.4 is 4.90 Å². The minimum absolute atomic E-state index is 0.136. The SMILES string of the molecule is [2H]c1c([2H])c([2H])c([C@@H]2CCc3cc(O)ccc3[C@@H]2c2ccc(N3CCC(C(OC)OC)CC3)cc2)c([2H])c1[2H]. The van der Waals surface area contributed by atoms with Gasteiger partial charge in [0.25, 0.3) is 0 Å². The molecule has 1 aliphatic carbocycles. The standard InChI is InChI=1S/C30H35NO3/c1-33-30(34-2)23-16-18-31(19-17-23)25-11-8-22(9-12-25)29-27(21-6-4-3-5-7-21)14-10-24-20-26(32)13-15-28(24)29/h3-9,11-13,15,20,23,27,29-30,32H,10,14,16-19H2,1-2H3/t27-,29+/m0/s1/i3D,4D,5D,6D,7D. The quantitative estimate of drug-likeness (QED) is 0.450. The molecular formula is C30H35NO3. The Labute approximate surface area is 210 Å². The highest BCUT2D eigenvalue weighted by molar-refractivity contribution is 5.52. The van der Waals surface area contributed by atoms with Crippen LogP contribution in [0.5, 0.6) is 5.75 Å². The normalized spacial score (nSPS) is 23.0. The number of phenols is 1. The maximum absolute atomic E-state index is 10.1. The maximum atomic E-state index is 10.1. The summed E-state index contributed by atoms with van der Waals surface area (Å²) >= 11 is 0. The van der Waals surface area contributed by atoms with Crippen LogP contribution in [0.4, 0.5) is 5.69 Å². The first-order valence-electron chi connectivity index (χ1n) is 14.5. The highest BCUT2D eigenvalue weighted by atomic mass is 16.7. The fourth-order valence-corrected chi connectivity index (χ4v) is 5.78. The molecule has 4 nitrogen and oxygen atoms in total. The number of hydrogen-bond acceptors (Lipinski definition) is 4. The zero-order valence-electron chi connectivity index (χ0n) is 24.8. The Morgan fingerprint density at radius 2 is 1.62 bits per heavy atom. The van der Waals surface area contributed by atoms with Gasteiger partial charge in [-0.25, -0.2) is 0 Å². The van der Waals surface area contributed by atoms with E-state index in [2.05, 4.69) is 29.2 Å². The number of benzene rings is 3. The first-order valence-corrected chi connectivity index (χ1v) is 12.0. The van der Waals surface area contributed by atoms with Gasteiger partial charge in [0.15, 0.2) is 6.29 Å². The number of hydrogen-bond donors (Lipinski definition) is 1. The van der Waals surface area contributed by atoms with Crippen LogP contribution >= 0.6 is 0 Å². The van der Waals surface area contributed by atoms with E-state index in [1.54, 1.807) is 26.4 Å². The summed E-state index contributed by atoms with van der Waals surface area (Å²) in [6.45, 7) is 1.81. The fourth-order valence-electron chi connectivity index (χ4n) is 5.78. The first kappa shape index (κ1) is 17.6. The van der Waals surface area contributed by atoms with Crippen LogP contribution in [-0.4, -0.2) is 38.7 Å². The van der Waals surface area contributed by atoms with Gasteiger partial charge >= 0.3 is 0 Å². The van der Waals surface area contributed by atoms with Gasteiger partial charge in [0, 0.05) is 44.8 Å². The molecule has 1 aliphatic heterocycles. The summed E-state index contributed by atoms with van der Waals surface area (Å²) < 4.78 is 52.8. The summed E-state index contributed by atoms with van der Waals surface area (Å²) in [5, 5.41) is 10.1. The number of anilines is 1. The zero-order valence-corrected chi connectivity index (χ0v) is 19.8. The van der Waals surface area contributed by atoms with Gasteiger partial charge < -0.3 is 19.5 Å². The molecule has 0 spiro atoms. The molecule has 2 atom stereocenters. The number of aromatic hydroxyl groups is 1. The lowest BCUT2D eigenvalue weighted by Gasteiger charge is -2.37. The molecule has 0 aromatic heterocycles. The van der Waals surface area contributed by atoms with Crippen LogP contribution in [0.25, 0.3) is 0 Å². The molecule has 1 saturated heterocycles. The fraction of sp³-hybridized carbons (Fsp3) is 0.400. The number of piperidine rings is 1. The van der Waals surface area contributed by atoms with E-state index in [0.29, 0.717) is 24.3 Å². The van der Waals surface area contributed by atoms with Crippen molar-refractivity contribution in [3.05, 3.63) is 94.9 Å². The van der Waals surface area contributed by atoms with Gasteiger partial charge in [0.2, 0.25) is 0 Å². The number of phenolic OH excluding ortho intramolecular Hbond substituents is 1. The topological polar surface area (TPSA) is 41.9 Å². The molecule has 1 N–H and O–H groups in total. The molecule has 1 fully saturated rings. The number of methoxy groups -OCH3 is 2. The molecular weight excluding hydrogens is 422 g/mol. The molecule has 2 aliphatic rings. The maximum Gasteiger partial charge on any atom is 0.159 e. The Morgan fingerprint density at radius 3 is 2.29 bits per heavy atom. The van der Waals surface area contributed by atoms with Crippen LogP contribution in [0.3, 0.4) is 0 Å². The van der Waals surface area contributed by atoms with Gasteiger partial charge in [-0.3, -0.25) is 0 Å². The molecule has 5 rings (SSSR count). The molecule has 4 heteroatoms. The Kier molecular flexibility index (Phi) is 5.28. The summed E-state index contributed by atoms with van der Waals surface area (Å²) in [4.78, 5) is 2.36. The second-order valence-electron chi connectivity index (χ2n) is 9.30. The van der Waals surface area contributed by atoms with Crippen molar-refractivity contribution in [2.75, 3.05) is 32.2 Å². The lowest BCUT2D eigenvalue weighted by atomic mass is 9.69. The second kappa shape index (κ2) is 10.2. The van der Waals surface area contributed by atoms with Crippen molar-refractivity contribution in [2.45, 2.75) is 43.8 Å². The van der Waals surface area contributed by atoms with Crippen molar-refractivity contribution < 1.29 is 21.4 Å². The van der Waals surface area contributed by atoms with E-state index in [1.807, 2.05) is 6.07 Å². The van der Waals surface area contributed by atoms with E-state index < -0.39 is 0 Å². The van der Waals surface area contributed by atoms with Gasteiger partial charge in [-0.05, 0) is 78.1 Å². The Bertz CT molecular complexity index is 1310. The molecule has 3 aromatic rings. The third kappa shape index (κ3) is 4.57. The van der Waals surface area contributed by atoms with Gasteiger partial charge in [0.05, 0.1) is 6.85 Å².